The Labute approximate surface area is 105 Å². The first-order valence-corrected chi connectivity index (χ1v) is 6.75. The van der Waals surface area contributed by atoms with E-state index in [2.05, 4.69) is 28.5 Å². The van der Waals surface area contributed by atoms with Crippen LogP contribution in [0.2, 0.25) is 5.15 Å². The molecule has 1 aromatic carbocycles. The Morgan fingerprint density at radius 3 is 3.18 bits per heavy atom. The summed E-state index contributed by atoms with van der Waals surface area (Å²) in [6.07, 6.45) is 3.66. The molecular formula is C14H15ClN2. The summed E-state index contributed by atoms with van der Waals surface area (Å²) in [5.41, 5.74) is 4.00. The van der Waals surface area contributed by atoms with Gasteiger partial charge >= 0.3 is 0 Å². The zero-order chi connectivity index (χ0) is 11.4. The SMILES string of the molecule is Clc1[nH]c2cccc3c2c1C[C@H]1NCCCC31. The van der Waals surface area contributed by atoms with Crippen molar-refractivity contribution >= 4 is 22.5 Å². The van der Waals surface area contributed by atoms with Crippen molar-refractivity contribution in [3.8, 4) is 0 Å². The van der Waals surface area contributed by atoms with Crippen LogP contribution in [0.25, 0.3) is 10.9 Å². The van der Waals surface area contributed by atoms with E-state index in [0.29, 0.717) is 12.0 Å². The van der Waals surface area contributed by atoms with Crippen molar-refractivity contribution < 1.29 is 0 Å². The molecule has 17 heavy (non-hydrogen) atoms. The molecule has 2 heterocycles. The number of halogens is 1. The van der Waals surface area contributed by atoms with Crippen molar-refractivity contribution in [3.05, 3.63) is 34.5 Å². The van der Waals surface area contributed by atoms with Gasteiger partial charge in [0, 0.05) is 22.9 Å². The first-order valence-electron chi connectivity index (χ1n) is 6.37. The second kappa shape index (κ2) is 3.50. The molecule has 2 N–H and O–H groups in total. The zero-order valence-electron chi connectivity index (χ0n) is 9.59. The summed E-state index contributed by atoms with van der Waals surface area (Å²) in [6, 6.07) is 7.13. The smallest absolute Gasteiger partial charge is 0.110 e. The largest absolute Gasteiger partial charge is 0.345 e. The lowest BCUT2D eigenvalue weighted by Gasteiger charge is -2.36. The summed E-state index contributed by atoms with van der Waals surface area (Å²) in [4.78, 5) is 3.31. The third-order valence-electron chi connectivity index (χ3n) is 4.32. The van der Waals surface area contributed by atoms with E-state index in [0.717, 1.165) is 18.1 Å². The van der Waals surface area contributed by atoms with Gasteiger partial charge in [-0.25, -0.2) is 0 Å². The Balaban J connectivity index is 2.01. The van der Waals surface area contributed by atoms with Gasteiger partial charge in [0.05, 0.1) is 0 Å². The van der Waals surface area contributed by atoms with Crippen LogP contribution in [0.3, 0.4) is 0 Å². The van der Waals surface area contributed by atoms with Crippen LogP contribution in [0.1, 0.15) is 29.9 Å². The van der Waals surface area contributed by atoms with Gasteiger partial charge in [-0.3, -0.25) is 0 Å². The highest BCUT2D eigenvalue weighted by molar-refractivity contribution is 6.32. The molecule has 1 fully saturated rings. The summed E-state index contributed by atoms with van der Waals surface area (Å²) in [7, 11) is 0. The van der Waals surface area contributed by atoms with Crippen LogP contribution in [-0.2, 0) is 6.42 Å². The number of hydrogen-bond acceptors (Lipinski definition) is 1. The molecule has 0 spiro atoms. The monoisotopic (exact) mass is 246 g/mol. The topological polar surface area (TPSA) is 27.8 Å². The van der Waals surface area contributed by atoms with Gasteiger partial charge in [0.15, 0.2) is 0 Å². The normalized spacial score (nSPS) is 27.1. The van der Waals surface area contributed by atoms with Crippen molar-refractivity contribution in [1.82, 2.24) is 10.3 Å². The number of piperidine rings is 1. The first kappa shape index (κ1) is 9.98. The van der Waals surface area contributed by atoms with Gasteiger partial charge < -0.3 is 10.3 Å². The average molecular weight is 247 g/mol. The van der Waals surface area contributed by atoms with E-state index in [4.69, 9.17) is 11.6 Å². The molecule has 4 rings (SSSR count). The van der Waals surface area contributed by atoms with Crippen LogP contribution in [0.5, 0.6) is 0 Å². The standard InChI is InChI=1S/C14H15ClN2/c15-14-10-7-12-8(4-2-6-16-12)9-3-1-5-11(17-14)13(9)10/h1,3,5,8,12,16-17H,2,4,6-7H2/t8?,12-/m1/s1. The van der Waals surface area contributed by atoms with Gasteiger partial charge in [-0.05, 0) is 43.0 Å². The lowest BCUT2D eigenvalue weighted by atomic mass is 9.76. The van der Waals surface area contributed by atoms with E-state index in [1.807, 2.05) is 0 Å². The molecule has 1 aliphatic carbocycles. The van der Waals surface area contributed by atoms with E-state index in [9.17, 15) is 0 Å². The number of rotatable bonds is 0. The number of aromatic nitrogens is 1. The quantitative estimate of drug-likeness (QED) is 0.734. The van der Waals surface area contributed by atoms with Crippen LogP contribution < -0.4 is 5.32 Å². The highest BCUT2D eigenvalue weighted by Crippen LogP contribution is 2.42. The minimum absolute atomic E-state index is 0.579. The molecule has 1 unspecified atom stereocenters. The molecule has 1 aromatic heterocycles. The Hall–Kier alpha value is -0.990. The molecule has 0 saturated carbocycles. The van der Waals surface area contributed by atoms with Gasteiger partial charge in [0.25, 0.3) is 0 Å². The van der Waals surface area contributed by atoms with Crippen LogP contribution in [0.4, 0.5) is 0 Å². The third-order valence-corrected chi connectivity index (χ3v) is 4.64. The second-order valence-corrected chi connectivity index (χ2v) is 5.58. The van der Waals surface area contributed by atoms with Gasteiger partial charge in [-0.1, -0.05) is 23.7 Å². The van der Waals surface area contributed by atoms with Crippen LogP contribution >= 0.6 is 11.6 Å². The molecule has 1 aliphatic heterocycles. The zero-order valence-corrected chi connectivity index (χ0v) is 10.3. The van der Waals surface area contributed by atoms with Crippen molar-refractivity contribution in [1.29, 1.82) is 0 Å². The molecule has 0 amide bonds. The van der Waals surface area contributed by atoms with Crippen molar-refractivity contribution in [2.45, 2.75) is 31.2 Å². The molecule has 3 heteroatoms. The Morgan fingerprint density at radius 2 is 2.24 bits per heavy atom. The number of H-pyrrole nitrogens is 1. The Morgan fingerprint density at radius 1 is 1.29 bits per heavy atom. The van der Waals surface area contributed by atoms with Crippen molar-refractivity contribution in [2.75, 3.05) is 6.54 Å². The van der Waals surface area contributed by atoms with E-state index in [-0.39, 0.29) is 0 Å². The lowest BCUT2D eigenvalue weighted by Crippen LogP contribution is -2.43. The maximum Gasteiger partial charge on any atom is 0.110 e. The van der Waals surface area contributed by atoms with Crippen molar-refractivity contribution in [2.24, 2.45) is 0 Å². The maximum absolute atomic E-state index is 6.32. The fourth-order valence-corrected chi connectivity index (χ4v) is 3.85. The number of fused-ring (bicyclic) bond motifs is 2. The van der Waals surface area contributed by atoms with Crippen LogP contribution in [0, 0.1) is 0 Å². The molecule has 2 nitrogen and oxygen atoms in total. The molecule has 2 aliphatic rings. The van der Waals surface area contributed by atoms with E-state index in [1.54, 1.807) is 0 Å². The summed E-state index contributed by atoms with van der Waals surface area (Å²) >= 11 is 6.32. The molecule has 2 aromatic rings. The highest BCUT2D eigenvalue weighted by atomic mass is 35.5. The van der Waals surface area contributed by atoms with E-state index in [1.165, 1.54) is 34.9 Å². The molecule has 1 saturated heterocycles. The molecular weight excluding hydrogens is 232 g/mol. The Kier molecular flexibility index (Phi) is 2.06. The summed E-state index contributed by atoms with van der Waals surface area (Å²) < 4.78 is 0. The predicted octanol–water partition coefficient (Wildman–Crippen LogP) is 3.21. The first-order chi connectivity index (χ1) is 8.34. The molecule has 2 atom stereocenters. The van der Waals surface area contributed by atoms with Crippen molar-refractivity contribution in [3.63, 3.8) is 0 Å². The van der Waals surface area contributed by atoms with E-state index < -0.39 is 0 Å². The number of hydrogen-bond donors (Lipinski definition) is 2. The average Bonchev–Trinajstić information content (AvgIpc) is 2.68. The fourth-order valence-electron chi connectivity index (χ4n) is 3.57. The van der Waals surface area contributed by atoms with Gasteiger partial charge in [0.1, 0.15) is 5.15 Å². The summed E-state index contributed by atoms with van der Waals surface area (Å²) in [5, 5.41) is 5.87. The lowest BCUT2D eigenvalue weighted by molar-refractivity contribution is 0.345. The molecule has 0 bridgehead atoms. The van der Waals surface area contributed by atoms with Gasteiger partial charge in [-0.2, -0.15) is 0 Å². The minimum Gasteiger partial charge on any atom is -0.345 e. The van der Waals surface area contributed by atoms with Crippen LogP contribution in [0.15, 0.2) is 18.2 Å². The van der Waals surface area contributed by atoms with Gasteiger partial charge in [0.2, 0.25) is 0 Å². The van der Waals surface area contributed by atoms with E-state index >= 15 is 0 Å². The molecule has 88 valence electrons. The fraction of sp³-hybridized carbons (Fsp3) is 0.429. The minimum atomic E-state index is 0.579. The Bertz CT molecular complexity index is 587. The second-order valence-electron chi connectivity index (χ2n) is 5.20. The summed E-state index contributed by atoms with van der Waals surface area (Å²) in [6.45, 7) is 1.15. The number of nitrogens with one attached hydrogen (secondary N) is 2. The number of aromatic amines is 1. The maximum atomic E-state index is 6.32. The highest BCUT2D eigenvalue weighted by Gasteiger charge is 2.33. The number of benzene rings is 1. The third kappa shape index (κ3) is 1.31. The van der Waals surface area contributed by atoms with Crippen LogP contribution in [-0.4, -0.2) is 17.6 Å². The van der Waals surface area contributed by atoms with Gasteiger partial charge in [-0.15, -0.1) is 0 Å². The molecule has 0 radical (unpaired) electrons. The summed E-state index contributed by atoms with van der Waals surface area (Å²) in [5.74, 6) is 0.673. The predicted molar refractivity (Wildman–Crippen MR) is 70.8 cm³/mol.